The lowest BCUT2D eigenvalue weighted by Crippen LogP contribution is -2.34. The number of rotatable bonds is 3. The predicted octanol–water partition coefficient (Wildman–Crippen LogP) is 3.52. The van der Waals surface area contributed by atoms with Crippen LogP contribution in [-0.4, -0.2) is 6.04 Å². The Morgan fingerprint density at radius 1 is 1.25 bits per heavy atom. The van der Waals surface area contributed by atoms with Crippen LogP contribution in [0.5, 0.6) is 0 Å². The highest BCUT2D eigenvalue weighted by molar-refractivity contribution is 5.46. The average Bonchev–Trinajstić information content (AvgIpc) is 2.23. The van der Waals surface area contributed by atoms with Gasteiger partial charge < -0.3 is 5.32 Å². The number of anilines is 1. The molecular formula is C14H18N2. The number of hydrogen-bond donors (Lipinski definition) is 1. The highest BCUT2D eigenvalue weighted by atomic mass is 14.9. The Hall–Kier alpha value is -1.49. The maximum atomic E-state index is 8.69. The summed E-state index contributed by atoms with van der Waals surface area (Å²) in [7, 11) is 0. The van der Waals surface area contributed by atoms with Crippen LogP contribution >= 0.6 is 0 Å². The molecule has 2 heteroatoms. The van der Waals surface area contributed by atoms with Crippen molar-refractivity contribution in [1.82, 2.24) is 0 Å². The molecule has 0 spiro atoms. The summed E-state index contributed by atoms with van der Waals surface area (Å²) in [5.41, 5.74) is 2.54. The van der Waals surface area contributed by atoms with E-state index in [1.165, 1.54) is 11.3 Å². The fraction of sp³-hybridized carbons (Fsp3) is 0.500. The van der Waals surface area contributed by atoms with Crippen LogP contribution in [0.15, 0.2) is 24.3 Å². The van der Waals surface area contributed by atoms with Gasteiger partial charge in [0.2, 0.25) is 0 Å². The molecule has 16 heavy (non-hydrogen) atoms. The zero-order valence-corrected chi connectivity index (χ0v) is 9.90. The molecule has 0 bridgehead atoms. The molecule has 1 fully saturated rings. The molecule has 0 amide bonds. The fourth-order valence-electron chi connectivity index (χ4n) is 2.04. The molecule has 0 aliphatic heterocycles. The van der Waals surface area contributed by atoms with E-state index in [1.54, 1.807) is 0 Å². The number of nitriles is 1. The van der Waals surface area contributed by atoms with E-state index in [0.717, 1.165) is 12.8 Å². The summed E-state index contributed by atoms with van der Waals surface area (Å²) in [6, 6.07) is 11.4. The van der Waals surface area contributed by atoms with Crippen LogP contribution in [-0.2, 0) is 0 Å². The number of nitrogens with zero attached hydrogens (tertiary/aromatic N) is 1. The van der Waals surface area contributed by atoms with Gasteiger partial charge in [-0.3, -0.25) is 0 Å². The molecule has 0 aromatic heterocycles. The minimum Gasteiger partial charge on any atom is -0.382 e. The summed E-state index contributed by atoms with van der Waals surface area (Å²) in [4.78, 5) is 0. The Balaban J connectivity index is 1.89. The summed E-state index contributed by atoms with van der Waals surface area (Å²) in [5, 5.41) is 12.1. The van der Waals surface area contributed by atoms with Crippen molar-refractivity contribution in [3.63, 3.8) is 0 Å². The van der Waals surface area contributed by atoms with Crippen LogP contribution in [0.25, 0.3) is 0 Å². The molecular weight excluding hydrogens is 196 g/mol. The Morgan fingerprint density at radius 2 is 1.88 bits per heavy atom. The molecule has 2 rings (SSSR count). The van der Waals surface area contributed by atoms with E-state index >= 15 is 0 Å². The SMILES string of the molecule is CC(C)c1ccc(NC2CC(C#N)C2)cc1. The van der Waals surface area contributed by atoms with Crippen LogP contribution in [0.4, 0.5) is 5.69 Å². The molecule has 1 aromatic carbocycles. The van der Waals surface area contributed by atoms with Gasteiger partial charge in [-0.15, -0.1) is 0 Å². The smallest absolute Gasteiger partial charge is 0.0657 e. The lowest BCUT2D eigenvalue weighted by Gasteiger charge is -2.32. The first-order chi connectivity index (χ1) is 7.69. The van der Waals surface area contributed by atoms with Crippen molar-refractivity contribution in [1.29, 1.82) is 5.26 Å². The van der Waals surface area contributed by atoms with Crippen LogP contribution in [0, 0.1) is 17.2 Å². The second-order valence-electron chi connectivity index (χ2n) is 4.92. The molecule has 0 saturated heterocycles. The van der Waals surface area contributed by atoms with Crippen LogP contribution in [0.2, 0.25) is 0 Å². The van der Waals surface area contributed by atoms with Gasteiger partial charge in [0.15, 0.2) is 0 Å². The predicted molar refractivity (Wildman–Crippen MR) is 66.3 cm³/mol. The first-order valence-corrected chi connectivity index (χ1v) is 5.95. The standard InChI is InChI=1S/C14H18N2/c1-10(2)12-3-5-13(6-4-12)16-14-7-11(8-14)9-15/h3-6,10-11,14,16H,7-8H2,1-2H3. The fourth-order valence-corrected chi connectivity index (χ4v) is 2.04. The lowest BCUT2D eigenvalue weighted by atomic mass is 9.81. The Morgan fingerprint density at radius 3 is 2.38 bits per heavy atom. The minimum atomic E-state index is 0.271. The van der Waals surface area contributed by atoms with E-state index in [4.69, 9.17) is 5.26 Å². The number of nitrogens with one attached hydrogen (secondary N) is 1. The molecule has 0 unspecified atom stereocenters. The lowest BCUT2D eigenvalue weighted by molar-refractivity contribution is 0.354. The summed E-state index contributed by atoms with van der Waals surface area (Å²) in [6.07, 6.45) is 1.98. The van der Waals surface area contributed by atoms with Gasteiger partial charge in [-0.25, -0.2) is 0 Å². The van der Waals surface area contributed by atoms with E-state index in [2.05, 4.69) is 49.5 Å². The first-order valence-electron chi connectivity index (χ1n) is 5.95. The maximum Gasteiger partial charge on any atom is 0.0657 e. The van der Waals surface area contributed by atoms with Gasteiger partial charge >= 0.3 is 0 Å². The van der Waals surface area contributed by atoms with Gasteiger partial charge in [0.25, 0.3) is 0 Å². The van der Waals surface area contributed by atoms with Crippen molar-refractivity contribution >= 4 is 5.69 Å². The summed E-state index contributed by atoms with van der Waals surface area (Å²) in [5.74, 6) is 0.855. The van der Waals surface area contributed by atoms with Gasteiger partial charge in [-0.1, -0.05) is 26.0 Å². The highest BCUT2D eigenvalue weighted by Crippen LogP contribution is 2.29. The van der Waals surface area contributed by atoms with Crippen molar-refractivity contribution in [2.24, 2.45) is 5.92 Å². The monoisotopic (exact) mass is 214 g/mol. The summed E-state index contributed by atoms with van der Waals surface area (Å²) >= 11 is 0. The second kappa shape index (κ2) is 4.57. The summed E-state index contributed by atoms with van der Waals surface area (Å²) < 4.78 is 0. The van der Waals surface area contributed by atoms with Crippen molar-refractivity contribution in [3.05, 3.63) is 29.8 Å². The highest BCUT2D eigenvalue weighted by Gasteiger charge is 2.28. The van der Waals surface area contributed by atoms with E-state index in [0.29, 0.717) is 12.0 Å². The zero-order chi connectivity index (χ0) is 11.5. The molecule has 0 heterocycles. The van der Waals surface area contributed by atoms with Gasteiger partial charge in [0, 0.05) is 11.7 Å². The van der Waals surface area contributed by atoms with Gasteiger partial charge in [-0.2, -0.15) is 5.26 Å². The second-order valence-corrected chi connectivity index (χ2v) is 4.92. The Kier molecular flexibility index (Phi) is 3.14. The van der Waals surface area contributed by atoms with Crippen molar-refractivity contribution < 1.29 is 0 Å². The maximum absolute atomic E-state index is 8.69. The van der Waals surface area contributed by atoms with Crippen molar-refractivity contribution in [3.8, 4) is 6.07 Å². The molecule has 1 saturated carbocycles. The molecule has 0 radical (unpaired) electrons. The third-order valence-electron chi connectivity index (χ3n) is 3.27. The van der Waals surface area contributed by atoms with E-state index in [9.17, 15) is 0 Å². The molecule has 1 aliphatic rings. The molecule has 1 aliphatic carbocycles. The topological polar surface area (TPSA) is 35.8 Å². The van der Waals surface area contributed by atoms with E-state index < -0.39 is 0 Å². The number of benzene rings is 1. The van der Waals surface area contributed by atoms with Crippen LogP contribution < -0.4 is 5.32 Å². The minimum absolute atomic E-state index is 0.271. The quantitative estimate of drug-likeness (QED) is 0.835. The van der Waals surface area contributed by atoms with Gasteiger partial charge in [0.05, 0.1) is 12.0 Å². The largest absolute Gasteiger partial charge is 0.382 e. The van der Waals surface area contributed by atoms with Gasteiger partial charge in [0.1, 0.15) is 0 Å². The molecule has 1 N–H and O–H groups in total. The molecule has 2 nitrogen and oxygen atoms in total. The molecule has 84 valence electrons. The molecule has 0 atom stereocenters. The van der Waals surface area contributed by atoms with Crippen molar-refractivity contribution in [2.75, 3.05) is 5.32 Å². The van der Waals surface area contributed by atoms with E-state index in [1.807, 2.05) is 0 Å². The normalized spacial score (nSPS) is 23.6. The Labute approximate surface area is 97.3 Å². The third-order valence-corrected chi connectivity index (χ3v) is 3.27. The summed E-state index contributed by atoms with van der Waals surface area (Å²) in [6.45, 7) is 4.40. The first kappa shape index (κ1) is 11.0. The molecule has 1 aromatic rings. The number of hydrogen-bond acceptors (Lipinski definition) is 2. The van der Waals surface area contributed by atoms with Crippen LogP contribution in [0.1, 0.15) is 38.2 Å². The zero-order valence-electron chi connectivity index (χ0n) is 9.90. The Bertz CT molecular complexity index is 380. The average molecular weight is 214 g/mol. The van der Waals surface area contributed by atoms with Gasteiger partial charge in [-0.05, 0) is 36.5 Å². The third kappa shape index (κ3) is 2.36. The van der Waals surface area contributed by atoms with Crippen LogP contribution in [0.3, 0.4) is 0 Å². The van der Waals surface area contributed by atoms with E-state index in [-0.39, 0.29) is 5.92 Å². The van der Waals surface area contributed by atoms with Crippen molar-refractivity contribution in [2.45, 2.75) is 38.6 Å².